The Morgan fingerprint density at radius 2 is 1.40 bits per heavy atom. The number of imidazole rings is 1. The van der Waals surface area contributed by atoms with E-state index in [2.05, 4.69) is 56.2 Å². The van der Waals surface area contributed by atoms with E-state index in [0.29, 0.717) is 6.54 Å². The summed E-state index contributed by atoms with van der Waals surface area (Å²) in [6.45, 7) is 9.37. The topological polar surface area (TPSA) is 42.8 Å². The molecule has 0 unspecified atom stereocenters. The molecule has 2 aromatic rings. The van der Waals surface area contributed by atoms with Crippen LogP contribution in [-0.2, 0) is 16.0 Å². The van der Waals surface area contributed by atoms with Gasteiger partial charge in [-0.25, -0.2) is 4.98 Å². The first-order valence-corrected chi connectivity index (χ1v) is 11.5. The van der Waals surface area contributed by atoms with Gasteiger partial charge in [-0.15, -0.1) is 0 Å². The molecule has 7 heteroatoms. The highest BCUT2D eigenvalue weighted by Gasteiger charge is 2.11. The average molecular weight is 425 g/mol. The van der Waals surface area contributed by atoms with E-state index >= 15 is 0 Å². The van der Waals surface area contributed by atoms with Crippen LogP contribution in [0, 0.1) is 23.7 Å². The molecule has 0 spiro atoms. The fraction of sp³-hybridized carbons (Fsp3) is 0.522. The van der Waals surface area contributed by atoms with Crippen molar-refractivity contribution in [2.24, 2.45) is 0 Å². The van der Waals surface area contributed by atoms with E-state index in [0.717, 1.165) is 87.6 Å². The molecular weight excluding hydrogens is 396 g/mol. The van der Waals surface area contributed by atoms with E-state index in [1.165, 1.54) is 0 Å². The second-order valence-corrected chi connectivity index (χ2v) is 8.18. The maximum Gasteiger partial charge on any atom is 0.170 e. The Balaban J connectivity index is 1.35. The summed E-state index contributed by atoms with van der Waals surface area (Å²) in [6, 6.07) is 8.25. The van der Waals surface area contributed by atoms with Crippen LogP contribution in [0.25, 0.3) is 11.0 Å². The molecule has 0 N–H and O–H groups in total. The third kappa shape index (κ3) is 6.01. The van der Waals surface area contributed by atoms with E-state index < -0.39 is 0 Å². The van der Waals surface area contributed by atoms with Gasteiger partial charge in [0, 0.05) is 26.2 Å². The van der Waals surface area contributed by atoms with E-state index in [1.54, 1.807) is 11.8 Å². The molecule has 2 saturated heterocycles. The van der Waals surface area contributed by atoms with Crippen LogP contribution in [0.4, 0.5) is 0 Å². The second kappa shape index (κ2) is 11.4. The highest BCUT2D eigenvalue weighted by atomic mass is 32.2. The maximum absolute atomic E-state index is 5.39. The molecule has 1 aromatic heterocycles. The quantitative estimate of drug-likeness (QED) is 0.539. The summed E-state index contributed by atoms with van der Waals surface area (Å²) < 4.78 is 13.0. The molecule has 0 radical (unpaired) electrons. The Morgan fingerprint density at radius 1 is 0.800 bits per heavy atom. The van der Waals surface area contributed by atoms with Gasteiger partial charge in [0.25, 0.3) is 0 Å². The van der Waals surface area contributed by atoms with Crippen LogP contribution >= 0.6 is 11.8 Å². The SMILES string of the molecule is C(#CCN1CCOCC1)CSc1nc2ccccc2n1CC#CCN1CCOCC1. The van der Waals surface area contributed by atoms with Gasteiger partial charge in [-0.2, -0.15) is 0 Å². The number of fused-ring (bicyclic) bond motifs is 1. The number of hydrogen-bond donors (Lipinski definition) is 0. The highest BCUT2D eigenvalue weighted by Crippen LogP contribution is 2.23. The molecule has 158 valence electrons. The molecule has 6 nitrogen and oxygen atoms in total. The van der Waals surface area contributed by atoms with Crippen LogP contribution in [0.2, 0.25) is 0 Å². The zero-order chi connectivity index (χ0) is 20.4. The van der Waals surface area contributed by atoms with Crippen molar-refractivity contribution < 1.29 is 9.47 Å². The highest BCUT2D eigenvalue weighted by molar-refractivity contribution is 7.99. The number of rotatable bonds is 5. The van der Waals surface area contributed by atoms with Crippen molar-refractivity contribution >= 4 is 22.8 Å². The summed E-state index contributed by atoms with van der Waals surface area (Å²) >= 11 is 1.69. The molecule has 1 aromatic carbocycles. The standard InChI is InChI=1S/C23H28N4O2S/c1-2-8-22-21(7-1)24-23(30-20-6-5-10-26-14-18-29-19-15-26)27(22)11-4-3-9-25-12-16-28-17-13-25/h1-2,7-8H,9-20H2. The molecule has 2 aliphatic heterocycles. The van der Waals surface area contributed by atoms with Gasteiger partial charge >= 0.3 is 0 Å². The van der Waals surface area contributed by atoms with Gasteiger partial charge in [0.15, 0.2) is 5.16 Å². The second-order valence-electron chi connectivity index (χ2n) is 7.24. The van der Waals surface area contributed by atoms with Crippen molar-refractivity contribution in [1.29, 1.82) is 0 Å². The van der Waals surface area contributed by atoms with E-state index in [4.69, 9.17) is 14.5 Å². The smallest absolute Gasteiger partial charge is 0.170 e. The van der Waals surface area contributed by atoms with Crippen molar-refractivity contribution in [2.45, 2.75) is 11.7 Å². The average Bonchev–Trinajstić information content (AvgIpc) is 3.15. The third-order valence-corrected chi connectivity index (χ3v) is 6.05. The summed E-state index contributed by atoms with van der Waals surface area (Å²) in [5, 5.41) is 0.984. The Labute approximate surface area is 182 Å². The molecule has 4 rings (SSSR count). The van der Waals surface area contributed by atoms with Gasteiger partial charge in [-0.1, -0.05) is 47.6 Å². The van der Waals surface area contributed by atoms with Gasteiger partial charge in [-0.3, -0.25) is 9.80 Å². The fourth-order valence-electron chi connectivity index (χ4n) is 3.46. The molecule has 0 amide bonds. The fourth-order valence-corrected chi connectivity index (χ4v) is 4.24. The normalized spacial score (nSPS) is 17.9. The third-order valence-electron chi connectivity index (χ3n) is 5.19. The minimum atomic E-state index is 0.647. The van der Waals surface area contributed by atoms with Crippen LogP contribution < -0.4 is 0 Å². The number of ether oxygens (including phenoxy) is 2. The Hall–Kier alpha value is -2.00. The molecular formula is C23H28N4O2S. The van der Waals surface area contributed by atoms with E-state index in [1.807, 2.05) is 6.07 Å². The van der Waals surface area contributed by atoms with Crippen molar-refractivity contribution in [3.05, 3.63) is 24.3 Å². The summed E-state index contributed by atoms with van der Waals surface area (Å²) in [5.41, 5.74) is 2.14. The van der Waals surface area contributed by atoms with E-state index in [-0.39, 0.29) is 0 Å². The van der Waals surface area contributed by atoms with Gasteiger partial charge in [0.05, 0.1) is 62.8 Å². The summed E-state index contributed by atoms with van der Waals surface area (Å²) in [5.74, 6) is 14.0. The Bertz CT molecular complexity index is 941. The van der Waals surface area contributed by atoms with Crippen LogP contribution in [0.3, 0.4) is 0 Å². The molecule has 0 saturated carbocycles. The first kappa shape index (κ1) is 21.2. The minimum absolute atomic E-state index is 0.647. The summed E-state index contributed by atoms with van der Waals surface area (Å²) in [6.07, 6.45) is 0. The van der Waals surface area contributed by atoms with Gasteiger partial charge in [0.1, 0.15) is 0 Å². The van der Waals surface area contributed by atoms with Crippen molar-refractivity contribution in [1.82, 2.24) is 19.4 Å². The lowest BCUT2D eigenvalue weighted by Gasteiger charge is -2.24. The number of nitrogens with zero attached hydrogens (tertiary/aromatic N) is 4. The van der Waals surface area contributed by atoms with Crippen LogP contribution in [0.5, 0.6) is 0 Å². The van der Waals surface area contributed by atoms with Crippen molar-refractivity contribution in [2.75, 3.05) is 71.4 Å². The summed E-state index contributed by atoms with van der Waals surface area (Å²) in [7, 11) is 0. The maximum atomic E-state index is 5.39. The predicted octanol–water partition coefficient (Wildman–Crippen LogP) is 1.80. The van der Waals surface area contributed by atoms with Crippen LogP contribution in [0.1, 0.15) is 0 Å². The molecule has 0 bridgehead atoms. The predicted molar refractivity (Wildman–Crippen MR) is 121 cm³/mol. The van der Waals surface area contributed by atoms with Crippen molar-refractivity contribution in [3.63, 3.8) is 0 Å². The van der Waals surface area contributed by atoms with Crippen LogP contribution in [-0.4, -0.2) is 90.8 Å². The molecule has 0 aliphatic carbocycles. The molecule has 2 fully saturated rings. The van der Waals surface area contributed by atoms with Gasteiger partial charge in [0.2, 0.25) is 0 Å². The van der Waals surface area contributed by atoms with Crippen LogP contribution in [0.15, 0.2) is 29.4 Å². The Kier molecular flexibility index (Phi) is 8.08. The minimum Gasteiger partial charge on any atom is -0.379 e. The molecule has 30 heavy (non-hydrogen) atoms. The van der Waals surface area contributed by atoms with E-state index in [9.17, 15) is 0 Å². The number of hydrogen-bond acceptors (Lipinski definition) is 6. The first-order valence-electron chi connectivity index (χ1n) is 10.5. The lowest BCUT2D eigenvalue weighted by atomic mass is 10.3. The number of morpholine rings is 2. The van der Waals surface area contributed by atoms with Gasteiger partial charge in [-0.05, 0) is 12.1 Å². The first-order chi connectivity index (χ1) is 14.9. The number of aromatic nitrogens is 2. The van der Waals surface area contributed by atoms with Crippen molar-refractivity contribution in [3.8, 4) is 23.7 Å². The van der Waals surface area contributed by atoms with Gasteiger partial charge < -0.3 is 14.0 Å². The summed E-state index contributed by atoms with van der Waals surface area (Å²) in [4.78, 5) is 9.47. The lowest BCUT2D eigenvalue weighted by molar-refractivity contribution is 0.0443. The Morgan fingerprint density at radius 3 is 2.10 bits per heavy atom. The molecule has 2 aliphatic rings. The number of benzene rings is 1. The zero-order valence-electron chi connectivity index (χ0n) is 17.3. The monoisotopic (exact) mass is 424 g/mol. The lowest BCUT2D eigenvalue weighted by Crippen LogP contribution is -2.36. The zero-order valence-corrected chi connectivity index (χ0v) is 18.1. The molecule has 3 heterocycles. The molecule has 0 atom stereocenters. The number of para-hydroxylation sites is 2. The largest absolute Gasteiger partial charge is 0.379 e. The number of thioether (sulfide) groups is 1.